The first-order valence-corrected chi connectivity index (χ1v) is 11.5. The molecule has 1 saturated heterocycles. The van der Waals surface area contributed by atoms with Gasteiger partial charge in [-0.1, -0.05) is 18.2 Å². The summed E-state index contributed by atoms with van der Waals surface area (Å²) < 4.78 is 19.9. The molecule has 0 unspecified atom stereocenters. The maximum atomic E-state index is 14.8. The number of thioether (sulfide) groups is 1. The number of methoxy groups -OCH3 is 1. The smallest absolute Gasteiger partial charge is 0.234 e. The minimum atomic E-state index is -0.321. The van der Waals surface area contributed by atoms with Crippen molar-refractivity contribution in [3.63, 3.8) is 0 Å². The van der Waals surface area contributed by atoms with Crippen molar-refractivity contribution < 1.29 is 13.9 Å². The van der Waals surface area contributed by atoms with Gasteiger partial charge in [-0.2, -0.15) is 0 Å². The molecule has 4 rings (SSSR count). The number of nitrogens with zero attached hydrogens (tertiary/aromatic N) is 2. The van der Waals surface area contributed by atoms with Crippen LogP contribution in [0.15, 0.2) is 77.7 Å². The maximum Gasteiger partial charge on any atom is 0.234 e. The monoisotopic (exact) mass is 451 g/mol. The van der Waals surface area contributed by atoms with Crippen LogP contribution in [0.1, 0.15) is 0 Å². The summed E-state index contributed by atoms with van der Waals surface area (Å²) in [6.07, 6.45) is 0. The largest absolute Gasteiger partial charge is 0.497 e. The predicted octanol–water partition coefficient (Wildman–Crippen LogP) is 4.89. The van der Waals surface area contributed by atoms with E-state index in [1.165, 1.54) is 23.5 Å². The third-order valence-corrected chi connectivity index (χ3v) is 6.41. The number of piperazine rings is 1. The molecule has 0 bridgehead atoms. The van der Waals surface area contributed by atoms with Gasteiger partial charge < -0.3 is 19.9 Å². The first kappa shape index (κ1) is 22.0. The number of rotatable bonds is 7. The minimum Gasteiger partial charge on any atom is -0.497 e. The van der Waals surface area contributed by atoms with Crippen LogP contribution in [0.2, 0.25) is 0 Å². The highest BCUT2D eigenvalue weighted by atomic mass is 32.2. The van der Waals surface area contributed by atoms with Crippen molar-refractivity contribution in [2.75, 3.05) is 54.2 Å². The van der Waals surface area contributed by atoms with Crippen LogP contribution in [0.3, 0.4) is 0 Å². The van der Waals surface area contributed by atoms with Crippen molar-refractivity contribution in [2.45, 2.75) is 4.90 Å². The van der Waals surface area contributed by atoms with Crippen LogP contribution in [0.25, 0.3) is 0 Å². The van der Waals surface area contributed by atoms with E-state index in [2.05, 4.69) is 27.2 Å². The molecule has 0 aromatic heterocycles. The second-order valence-electron chi connectivity index (χ2n) is 7.49. The summed E-state index contributed by atoms with van der Waals surface area (Å²) >= 11 is 1.42. The number of nitrogens with one attached hydrogen (secondary N) is 1. The van der Waals surface area contributed by atoms with Crippen LogP contribution >= 0.6 is 11.8 Å². The van der Waals surface area contributed by atoms with Crippen molar-refractivity contribution in [3.05, 3.63) is 78.6 Å². The van der Waals surface area contributed by atoms with Gasteiger partial charge in [-0.3, -0.25) is 4.79 Å². The molecule has 1 N–H and O–H groups in total. The van der Waals surface area contributed by atoms with E-state index in [1.807, 2.05) is 42.5 Å². The van der Waals surface area contributed by atoms with E-state index in [-0.39, 0.29) is 17.5 Å². The third-order valence-electron chi connectivity index (χ3n) is 5.40. The van der Waals surface area contributed by atoms with Crippen LogP contribution in [0.5, 0.6) is 5.75 Å². The lowest BCUT2D eigenvalue weighted by molar-refractivity contribution is -0.113. The van der Waals surface area contributed by atoms with E-state index < -0.39 is 0 Å². The van der Waals surface area contributed by atoms with Gasteiger partial charge in [0.25, 0.3) is 0 Å². The summed E-state index contributed by atoms with van der Waals surface area (Å²) in [7, 11) is 1.62. The molecule has 0 aliphatic carbocycles. The molecule has 3 aromatic carbocycles. The molecule has 1 heterocycles. The molecular weight excluding hydrogens is 425 g/mol. The third kappa shape index (κ3) is 5.53. The van der Waals surface area contributed by atoms with Crippen LogP contribution in [-0.4, -0.2) is 44.9 Å². The summed E-state index contributed by atoms with van der Waals surface area (Å²) in [6, 6.07) is 22.7. The van der Waals surface area contributed by atoms with E-state index in [9.17, 15) is 9.18 Å². The van der Waals surface area contributed by atoms with Gasteiger partial charge in [0.2, 0.25) is 5.91 Å². The Balaban J connectivity index is 1.29. The van der Waals surface area contributed by atoms with Crippen LogP contribution in [0, 0.1) is 5.82 Å². The Kier molecular flexibility index (Phi) is 7.17. The Morgan fingerprint density at radius 1 is 0.969 bits per heavy atom. The van der Waals surface area contributed by atoms with Gasteiger partial charge in [-0.05, 0) is 54.6 Å². The number of anilines is 3. The highest BCUT2D eigenvalue weighted by molar-refractivity contribution is 8.00. The summed E-state index contributed by atoms with van der Waals surface area (Å²) in [4.78, 5) is 17.6. The van der Waals surface area contributed by atoms with Gasteiger partial charge in [-0.15, -0.1) is 11.8 Å². The first-order valence-electron chi connectivity index (χ1n) is 10.5. The number of amides is 1. The number of para-hydroxylation sites is 1. The van der Waals surface area contributed by atoms with Crippen LogP contribution in [0.4, 0.5) is 21.5 Å². The molecule has 1 aliphatic rings. The lowest BCUT2D eigenvalue weighted by Gasteiger charge is -2.37. The Bertz CT molecular complexity index is 1040. The summed E-state index contributed by atoms with van der Waals surface area (Å²) in [5, 5.41) is 2.78. The molecule has 7 heteroatoms. The average Bonchev–Trinajstić information content (AvgIpc) is 2.84. The van der Waals surface area contributed by atoms with Gasteiger partial charge in [0.05, 0.1) is 18.6 Å². The average molecular weight is 452 g/mol. The Morgan fingerprint density at radius 3 is 2.31 bits per heavy atom. The predicted molar refractivity (Wildman–Crippen MR) is 130 cm³/mol. The number of hydrogen-bond donors (Lipinski definition) is 1. The maximum absolute atomic E-state index is 14.8. The molecule has 5 nitrogen and oxygen atoms in total. The summed E-state index contributed by atoms with van der Waals surface area (Å²) in [5.74, 6) is 0.529. The number of ether oxygens (including phenoxy) is 1. The second kappa shape index (κ2) is 10.4. The van der Waals surface area contributed by atoms with Gasteiger partial charge in [-0.25, -0.2) is 4.39 Å². The van der Waals surface area contributed by atoms with Crippen molar-refractivity contribution in [1.29, 1.82) is 0 Å². The number of halogens is 1. The van der Waals surface area contributed by atoms with Gasteiger partial charge in [0.1, 0.15) is 11.6 Å². The first-order chi connectivity index (χ1) is 15.6. The Morgan fingerprint density at radius 2 is 1.66 bits per heavy atom. The Hall–Kier alpha value is -3.19. The SMILES string of the molecule is COc1ccc(SCC(=O)Nc2ccc(N3CCN(c4ccccc4)CC3)c(F)c2)cc1. The van der Waals surface area contributed by atoms with Crippen molar-refractivity contribution in [1.82, 2.24) is 0 Å². The van der Waals surface area contributed by atoms with Gasteiger partial charge in [0, 0.05) is 42.4 Å². The van der Waals surface area contributed by atoms with Crippen LogP contribution < -0.4 is 19.9 Å². The molecular formula is C25H26FN3O2S. The van der Waals surface area contributed by atoms with E-state index in [0.717, 1.165) is 36.8 Å². The highest BCUT2D eigenvalue weighted by Crippen LogP contribution is 2.26. The van der Waals surface area contributed by atoms with Crippen molar-refractivity contribution in [2.24, 2.45) is 0 Å². The van der Waals surface area contributed by atoms with Gasteiger partial charge in [0.15, 0.2) is 0 Å². The number of hydrogen-bond acceptors (Lipinski definition) is 5. The molecule has 1 fully saturated rings. The molecule has 0 saturated carbocycles. The molecule has 0 spiro atoms. The van der Waals surface area contributed by atoms with Crippen LogP contribution in [-0.2, 0) is 4.79 Å². The molecule has 32 heavy (non-hydrogen) atoms. The van der Waals surface area contributed by atoms with Crippen molar-refractivity contribution in [3.8, 4) is 5.75 Å². The Labute approximate surface area is 192 Å². The van der Waals surface area contributed by atoms with Crippen molar-refractivity contribution >= 4 is 34.7 Å². The molecule has 1 aliphatic heterocycles. The zero-order chi connectivity index (χ0) is 22.3. The van der Waals surface area contributed by atoms with Gasteiger partial charge >= 0.3 is 0 Å². The summed E-state index contributed by atoms with van der Waals surface area (Å²) in [6.45, 7) is 3.17. The van der Waals surface area contributed by atoms with E-state index in [4.69, 9.17) is 4.74 Å². The normalized spacial score (nSPS) is 13.7. The fourth-order valence-electron chi connectivity index (χ4n) is 3.70. The zero-order valence-electron chi connectivity index (χ0n) is 18.0. The molecule has 166 valence electrons. The minimum absolute atomic E-state index is 0.172. The van der Waals surface area contributed by atoms with E-state index in [0.29, 0.717) is 11.4 Å². The highest BCUT2D eigenvalue weighted by Gasteiger charge is 2.20. The number of benzene rings is 3. The lowest BCUT2D eigenvalue weighted by atomic mass is 10.2. The quantitative estimate of drug-likeness (QED) is 0.518. The second-order valence-corrected chi connectivity index (χ2v) is 8.54. The topological polar surface area (TPSA) is 44.8 Å². The molecule has 0 radical (unpaired) electrons. The zero-order valence-corrected chi connectivity index (χ0v) is 18.8. The number of carbonyl (C=O) groups is 1. The number of carbonyl (C=O) groups excluding carboxylic acids is 1. The summed E-state index contributed by atoms with van der Waals surface area (Å²) in [5.41, 5.74) is 2.23. The fourth-order valence-corrected chi connectivity index (χ4v) is 4.40. The molecule has 1 amide bonds. The standard InChI is InChI=1S/C25H26FN3O2S/c1-31-21-8-10-22(11-9-21)32-18-25(30)27-19-7-12-24(23(26)17-19)29-15-13-28(14-16-29)20-5-3-2-4-6-20/h2-12,17H,13-16,18H2,1H3,(H,27,30). The lowest BCUT2D eigenvalue weighted by Crippen LogP contribution is -2.46. The molecule has 0 atom stereocenters. The molecule has 3 aromatic rings. The fraction of sp³-hybridized carbons (Fsp3) is 0.240. The van der Waals surface area contributed by atoms with E-state index >= 15 is 0 Å². The van der Waals surface area contributed by atoms with E-state index in [1.54, 1.807) is 19.2 Å².